The molecule has 46 heavy (non-hydrogen) atoms. The van der Waals surface area contributed by atoms with Gasteiger partial charge in [-0.1, -0.05) is 45.6 Å². The van der Waals surface area contributed by atoms with Gasteiger partial charge in [0.05, 0.1) is 0 Å². The number of ether oxygens (including phenoxy) is 6. The average molecular weight is 649 g/mol. The molecule has 0 saturated carbocycles. The van der Waals surface area contributed by atoms with Gasteiger partial charge in [0, 0.05) is 44.9 Å². The first-order chi connectivity index (χ1) is 21.4. The quantitative estimate of drug-likeness (QED) is 0.120. The smallest absolute Gasteiger partial charge is 0.342 e. The third-order valence-electron chi connectivity index (χ3n) is 10.1. The topological polar surface area (TPSA) is 164 Å². The highest BCUT2D eigenvalue weighted by Gasteiger charge is 2.87. The van der Waals surface area contributed by atoms with Gasteiger partial charge < -0.3 is 33.5 Å². The number of unbranched alkanes of at least 4 members (excludes halogenated alkanes) is 4. The van der Waals surface area contributed by atoms with Gasteiger partial charge in [0.1, 0.15) is 30.0 Å². The van der Waals surface area contributed by atoms with Gasteiger partial charge in [-0.05, 0) is 44.9 Å². The minimum atomic E-state index is -1.96. The number of hydrogen-bond donors (Lipinski definition) is 1. The molecular formula is C34H48O12. The Balaban J connectivity index is 1.89. The summed E-state index contributed by atoms with van der Waals surface area (Å²) in [7, 11) is 0. The zero-order valence-electron chi connectivity index (χ0n) is 28.1. The molecule has 2 fully saturated rings. The molecule has 2 heterocycles. The molecule has 0 aromatic rings. The summed E-state index contributed by atoms with van der Waals surface area (Å²) in [5, 5.41) is 12.3. The van der Waals surface area contributed by atoms with Crippen LogP contribution in [0.2, 0.25) is 0 Å². The lowest BCUT2D eigenvalue weighted by atomic mass is 9.55. The van der Waals surface area contributed by atoms with E-state index in [0.29, 0.717) is 12.0 Å². The number of rotatable bonds is 10. The molecule has 12 heteroatoms. The monoisotopic (exact) mass is 648 g/mol. The molecule has 1 spiro atoms. The van der Waals surface area contributed by atoms with Gasteiger partial charge >= 0.3 is 29.8 Å². The number of esters is 5. The SMILES string of the molecule is CCCCCCCC(=O)O[C@@H]1C[C@H](OC(C)=O)[C@]2(C)C=C[C@@H](OC(C)=O)[C@@](C)(O)[C@@H]2[C@H](OC(C)=O)[C@]23O[C@@]2(C)C(=O)O[C@H]3C=C1C. The van der Waals surface area contributed by atoms with Crippen LogP contribution >= 0.6 is 0 Å². The standard InChI is InChI=1S/C34H48O12/c1-9-10-11-12-13-14-27(38)44-23-18-25(42-21(4)36)31(6)16-15-24(41-20(3)35)32(7,40)28(31)29(43-22(5)37)34-26(17-19(23)2)45-30(39)33(34,8)46-34/h15-17,23-26,28-29,40H,9-14,18H2,1-8H3/t23-,24-,25+,26+,28-,29+,31+,32-,33+,34+/m1/s1. The molecule has 1 N–H and O–H groups in total. The normalized spacial score (nSPS) is 39.4. The van der Waals surface area contributed by atoms with Crippen molar-refractivity contribution in [3.05, 3.63) is 23.8 Å². The number of fused-ring (bicyclic) bond motifs is 1. The van der Waals surface area contributed by atoms with E-state index < -0.39 is 88.5 Å². The number of hydrogen-bond acceptors (Lipinski definition) is 12. The van der Waals surface area contributed by atoms with Crippen LogP contribution in [0.5, 0.6) is 0 Å². The number of aliphatic hydroxyl groups is 1. The summed E-state index contributed by atoms with van der Waals surface area (Å²) in [6, 6.07) is 0. The molecule has 0 amide bonds. The van der Waals surface area contributed by atoms with Gasteiger partial charge in [0.15, 0.2) is 17.3 Å². The van der Waals surface area contributed by atoms with Gasteiger partial charge in [-0.25, -0.2) is 4.79 Å². The third-order valence-corrected chi connectivity index (χ3v) is 10.1. The molecule has 0 radical (unpaired) electrons. The molecule has 0 aromatic carbocycles. The van der Waals surface area contributed by atoms with Crippen LogP contribution in [-0.4, -0.2) is 82.3 Å². The molecule has 12 nitrogen and oxygen atoms in total. The van der Waals surface area contributed by atoms with E-state index in [0.717, 1.165) is 25.7 Å². The highest BCUT2D eigenvalue weighted by Crippen LogP contribution is 2.65. The largest absolute Gasteiger partial charge is 0.461 e. The Morgan fingerprint density at radius 2 is 1.57 bits per heavy atom. The molecule has 10 atom stereocenters. The molecule has 4 aliphatic rings. The summed E-state index contributed by atoms with van der Waals surface area (Å²) in [4.78, 5) is 63.9. The van der Waals surface area contributed by atoms with Gasteiger partial charge in [-0.3, -0.25) is 19.2 Å². The van der Waals surface area contributed by atoms with E-state index >= 15 is 0 Å². The van der Waals surface area contributed by atoms with Crippen molar-refractivity contribution in [3.8, 4) is 0 Å². The van der Waals surface area contributed by atoms with Crippen LogP contribution in [-0.2, 0) is 52.4 Å². The second-order valence-corrected chi connectivity index (χ2v) is 13.6. The number of carbonyl (C=O) groups excluding carboxylic acids is 5. The zero-order chi connectivity index (χ0) is 34.2. The molecule has 4 rings (SSSR count). The minimum absolute atomic E-state index is 0.0340. The molecular weight excluding hydrogens is 600 g/mol. The van der Waals surface area contributed by atoms with Crippen molar-refractivity contribution in [1.82, 2.24) is 0 Å². The van der Waals surface area contributed by atoms with Crippen LogP contribution in [0.25, 0.3) is 0 Å². The van der Waals surface area contributed by atoms with E-state index in [2.05, 4.69) is 6.92 Å². The van der Waals surface area contributed by atoms with Crippen molar-refractivity contribution < 1.29 is 57.5 Å². The number of carbonyl (C=O) groups is 5. The molecule has 256 valence electrons. The summed E-state index contributed by atoms with van der Waals surface area (Å²) in [6.45, 7) is 12.1. The molecule has 0 aromatic heterocycles. The lowest BCUT2D eigenvalue weighted by Crippen LogP contribution is -2.67. The molecule has 0 unspecified atom stereocenters. The predicted octanol–water partition coefficient (Wildman–Crippen LogP) is 3.80. The lowest BCUT2D eigenvalue weighted by Gasteiger charge is -2.55. The molecule has 0 bridgehead atoms. The van der Waals surface area contributed by atoms with Crippen molar-refractivity contribution in [3.63, 3.8) is 0 Å². The van der Waals surface area contributed by atoms with E-state index in [4.69, 9.17) is 28.4 Å². The van der Waals surface area contributed by atoms with Crippen molar-refractivity contribution in [2.24, 2.45) is 11.3 Å². The van der Waals surface area contributed by atoms with Crippen LogP contribution in [0.15, 0.2) is 23.8 Å². The molecule has 2 saturated heterocycles. The van der Waals surface area contributed by atoms with Crippen molar-refractivity contribution in [2.45, 2.75) is 148 Å². The number of epoxide rings is 1. The van der Waals surface area contributed by atoms with E-state index in [9.17, 15) is 29.1 Å². The predicted molar refractivity (Wildman–Crippen MR) is 162 cm³/mol. The summed E-state index contributed by atoms with van der Waals surface area (Å²) in [5.74, 6) is -4.35. The third kappa shape index (κ3) is 6.34. The average Bonchev–Trinajstić information content (AvgIpc) is 3.53. The summed E-state index contributed by atoms with van der Waals surface area (Å²) >= 11 is 0. The Morgan fingerprint density at radius 3 is 2.15 bits per heavy atom. The Hall–Kier alpha value is -3.25. The molecule has 2 aliphatic heterocycles. The highest BCUT2D eigenvalue weighted by molar-refractivity contribution is 5.89. The van der Waals surface area contributed by atoms with Crippen LogP contribution < -0.4 is 0 Å². The maximum Gasteiger partial charge on any atom is 0.342 e. The summed E-state index contributed by atoms with van der Waals surface area (Å²) in [5.41, 5.74) is -5.99. The summed E-state index contributed by atoms with van der Waals surface area (Å²) < 4.78 is 35.5. The van der Waals surface area contributed by atoms with Gasteiger partial charge in [-0.15, -0.1) is 0 Å². The first-order valence-corrected chi connectivity index (χ1v) is 16.2. The molecule has 2 aliphatic carbocycles. The van der Waals surface area contributed by atoms with Gasteiger partial charge in [0.2, 0.25) is 0 Å². The van der Waals surface area contributed by atoms with Crippen LogP contribution in [0.3, 0.4) is 0 Å². The highest BCUT2D eigenvalue weighted by atomic mass is 16.7. The zero-order valence-corrected chi connectivity index (χ0v) is 28.1. The van der Waals surface area contributed by atoms with Crippen molar-refractivity contribution in [1.29, 1.82) is 0 Å². The fraction of sp³-hybridized carbons (Fsp3) is 0.735. The van der Waals surface area contributed by atoms with E-state index in [-0.39, 0.29) is 12.8 Å². The van der Waals surface area contributed by atoms with Crippen LogP contribution in [0.4, 0.5) is 0 Å². The Kier molecular flexibility index (Phi) is 10.1. The van der Waals surface area contributed by atoms with Crippen LogP contribution in [0, 0.1) is 11.3 Å². The Bertz CT molecular complexity index is 1300. The maximum atomic E-state index is 13.3. The summed E-state index contributed by atoms with van der Waals surface area (Å²) in [6.07, 6.45) is 3.99. The first-order valence-electron chi connectivity index (χ1n) is 16.2. The lowest BCUT2D eigenvalue weighted by molar-refractivity contribution is -0.220. The Morgan fingerprint density at radius 1 is 0.935 bits per heavy atom. The fourth-order valence-electron chi connectivity index (χ4n) is 7.65. The van der Waals surface area contributed by atoms with Gasteiger partial charge in [0.25, 0.3) is 0 Å². The van der Waals surface area contributed by atoms with Crippen molar-refractivity contribution in [2.75, 3.05) is 0 Å². The van der Waals surface area contributed by atoms with Crippen LogP contribution in [0.1, 0.15) is 100 Å². The van der Waals surface area contributed by atoms with Crippen molar-refractivity contribution >= 4 is 29.8 Å². The van der Waals surface area contributed by atoms with Gasteiger partial charge in [-0.2, -0.15) is 0 Å². The minimum Gasteiger partial charge on any atom is -0.461 e. The fourth-order valence-corrected chi connectivity index (χ4v) is 7.65. The first kappa shape index (κ1) is 35.6. The van der Waals surface area contributed by atoms with E-state index in [1.165, 1.54) is 40.7 Å². The maximum absolute atomic E-state index is 13.3. The second-order valence-electron chi connectivity index (χ2n) is 13.6. The second kappa shape index (κ2) is 13.1. The van der Waals surface area contributed by atoms with E-state index in [1.807, 2.05) is 0 Å². The Labute approximate surface area is 270 Å². The van der Waals surface area contributed by atoms with E-state index in [1.54, 1.807) is 26.0 Å².